The highest BCUT2D eigenvalue weighted by Crippen LogP contribution is 2.33. The van der Waals surface area contributed by atoms with Gasteiger partial charge in [0, 0.05) is 12.1 Å². The highest BCUT2D eigenvalue weighted by atomic mass is 19.1. The molecular formula is C14H15FN2O2. The maximum absolute atomic E-state index is 13.7. The summed E-state index contributed by atoms with van der Waals surface area (Å²) in [4.78, 5) is 11.7. The summed E-state index contributed by atoms with van der Waals surface area (Å²) in [6.45, 7) is 0.243. The van der Waals surface area contributed by atoms with Gasteiger partial charge in [0.15, 0.2) is 0 Å². The van der Waals surface area contributed by atoms with Crippen molar-refractivity contribution in [3.63, 3.8) is 0 Å². The van der Waals surface area contributed by atoms with Gasteiger partial charge in [-0.3, -0.25) is 10.1 Å². The van der Waals surface area contributed by atoms with Crippen LogP contribution in [0.1, 0.15) is 30.4 Å². The largest absolute Gasteiger partial charge is 0.468 e. The molecule has 0 bridgehead atoms. The zero-order valence-corrected chi connectivity index (χ0v) is 10.7. The van der Waals surface area contributed by atoms with E-state index in [2.05, 4.69) is 5.32 Å². The Labute approximate surface area is 111 Å². The molecule has 100 valence electrons. The van der Waals surface area contributed by atoms with Gasteiger partial charge in [-0.2, -0.15) is 5.26 Å². The van der Waals surface area contributed by atoms with Crippen LogP contribution in [0.25, 0.3) is 0 Å². The molecule has 1 aromatic carbocycles. The molecule has 19 heavy (non-hydrogen) atoms. The number of carbonyl (C=O) groups is 1. The fourth-order valence-corrected chi connectivity index (χ4v) is 2.20. The van der Waals surface area contributed by atoms with Crippen LogP contribution in [0, 0.1) is 17.1 Å². The summed E-state index contributed by atoms with van der Waals surface area (Å²) in [6, 6.07) is 6.20. The Morgan fingerprint density at radius 2 is 2.32 bits per heavy atom. The van der Waals surface area contributed by atoms with Gasteiger partial charge in [-0.1, -0.05) is 6.07 Å². The van der Waals surface area contributed by atoms with Crippen molar-refractivity contribution < 1.29 is 13.9 Å². The molecule has 0 atom stereocenters. The van der Waals surface area contributed by atoms with Crippen LogP contribution in [0.2, 0.25) is 0 Å². The van der Waals surface area contributed by atoms with Crippen molar-refractivity contribution in [3.8, 4) is 6.07 Å². The predicted octanol–water partition coefficient (Wildman–Crippen LogP) is 1.88. The highest BCUT2D eigenvalue weighted by molar-refractivity contribution is 5.81. The van der Waals surface area contributed by atoms with Crippen molar-refractivity contribution in [2.45, 2.75) is 31.3 Å². The third-order valence-corrected chi connectivity index (χ3v) is 3.58. The standard InChI is InChI=1S/C14H15FN2O2/c1-19-13(18)14(5-2-6-14)17-9-11-4-3-10(8-16)7-12(11)15/h3-4,7,17H,2,5-6,9H2,1H3. The Morgan fingerprint density at radius 1 is 1.58 bits per heavy atom. The predicted molar refractivity (Wildman–Crippen MR) is 66.6 cm³/mol. The van der Waals surface area contributed by atoms with Gasteiger partial charge < -0.3 is 4.74 Å². The van der Waals surface area contributed by atoms with E-state index in [1.165, 1.54) is 13.2 Å². The number of hydrogen-bond acceptors (Lipinski definition) is 4. The average Bonchev–Trinajstić information content (AvgIpc) is 2.38. The van der Waals surface area contributed by atoms with E-state index in [1.54, 1.807) is 12.1 Å². The van der Waals surface area contributed by atoms with Crippen LogP contribution in [0.4, 0.5) is 4.39 Å². The number of carbonyl (C=O) groups excluding carboxylic acids is 1. The minimum Gasteiger partial charge on any atom is -0.468 e. The molecule has 1 aliphatic carbocycles. The first-order valence-electron chi connectivity index (χ1n) is 6.13. The molecule has 0 aliphatic heterocycles. The van der Waals surface area contributed by atoms with Crippen LogP contribution in [0.15, 0.2) is 18.2 Å². The summed E-state index contributed by atoms with van der Waals surface area (Å²) in [7, 11) is 1.35. The molecule has 2 rings (SSSR count). The van der Waals surface area contributed by atoms with Crippen molar-refractivity contribution in [1.29, 1.82) is 5.26 Å². The fraction of sp³-hybridized carbons (Fsp3) is 0.429. The molecule has 1 saturated carbocycles. The third kappa shape index (κ3) is 2.59. The van der Waals surface area contributed by atoms with E-state index in [1.807, 2.05) is 6.07 Å². The summed E-state index contributed by atoms with van der Waals surface area (Å²) in [5, 5.41) is 11.8. The molecule has 0 unspecified atom stereocenters. The molecule has 1 fully saturated rings. The second-order valence-electron chi connectivity index (χ2n) is 4.70. The molecule has 0 saturated heterocycles. The maximum Gasteiger partial charge on any atom is 0.326 e. The first-order valence-corrected chi connectivity index (χ1v) is 6.13. The Balaban J connectivity index is 2.06. The summed E-state index contributed by atoms with van der Waals surface area (Å²) in [5.41, 5.74) is 0.0523. The molecule has 5 heteroatoms. The van der Waals surface area contributed by atoms with Gasteiger partial charge in [0.2, 0.25) is 0 Å². The van der Waals surface area contributed by atoms with Gasteiger partial charge in [-0.15, -0.1) is 0 Å². The maximum atomic E-state index is 13.7. The van der Waals surface area contributed by atoms with Crippen LogP contribution >= 0.6 is 0 Å². The van der Waals surface area contributed by atoms with E-state index in [4.69, 9.17) is 10.00 Å². The van der Waals surface area contributed by atoms with Crippen LogP contribution in [0.5, 0.6) is 0 Å². The van der Waals surface area contributed by atoms with E-state index in [9.17, 15) is 9.18 Å². The molecule has 0 spiro atoms. The summed E-state index contributed by atoms with van der Waals surface area (Å²) in [5.74, 6) is -0.737. The zero-order chi connectivity index (χ0) is 13.9. The molecule has 1 aromatic rings. The van der Waals surface area contributed by atoms with E-state index in [0.29, 0.717) is 18.4 Å². The number of nitrogens with zero attached hydrogens (tertiary/aromatic N) is 1. The number of esters is 1. The molecule has 0 amide bonds. The minimum absolute atomic E-state index is 0.243. The number of benzene rings is 1. The lowest BCUT2D eigenvalue weighted by Crippen LogP contribution is -2.57. The molecule has 4 nitrogen and oxygen atoms in total. The van der Waals surface area contributed by atoms with E-state index >= 15 is 0 Å². The number of ether oxygens (including phenoxy) is 1. The Morgan fingerprint density at radius 3 is 2.79 bits per heavy atom. The summed E-state index contributed by atoms with van der Waals surface area (Å²) in [6.07, 6.45) is 2.37. The van der Waals surface area contributed by atoms with E-state index in [-0.39, 0.29) is 18.1 Å². The number of methoxy groups -OCH3 is 1. The summed E-state index contributed by atoms with van der Waals surface area (Å²) >= 11 is 0. The number of hydrogen-bond donors (Lipinski definition) is 1. The lowest BCUT2D eigenvalue weighted by Gasteiger charge is -2.39. The number of nitrogens with one attached hydrogen (secondary N) is 1. The smallest absolute Gasteiger partial charge is 0.326 e. The first-order chi connectivity index (χ1) is 9.11. The van der Waals surface area contributed by atoms with Crippen molar-refractivity contribution in [2.24, 2.45) is 0 Å². The topological polar surface area (TPSA) is 62.1 Å². The highest BCUT2D eigenvalue weighted by Gasteiger charge is 2.44. The van der Waals surface area contributed by atoms with Crippen molar-refractivity contribution in [3.05, 3.63) is 35.1 Å². The summed E-state index contributed by atoms with van der Waals surface area (Å²) < 4.78 is 18.5. The first kappa shape index (κ1) is 13.5. The molecule has 0 aromatic heterocycles. The zero-order valence-electron chi connectivity index (χ0n) is 10.7. The Kier molecular flexibility index (Phi) is 3.82. The van der Waals surface area contributed by atoms with Crippen molar-refractivity contribution in [1.82, 2.24) is 5.32 Å². The third-order valence-electron chi connectivity index (χ3n) is 3.58. The van der Waals surface area contributed by atoms with Crippen LogP contribution in [-0.4, -0.2) is 18.6 Å². The average molecular weight is 262 g/mol. The monoisotopic (exact) mass is 262 g/mol. The minimum atomic E-state index is -0.672. The molecule has 1 aliphatic rings. The van der Waals surface area contributed by atoms with Crippen LogP contribution in [0.3, 0.4) is 0 Å². The van der Waals surface area contributed by atoms with E-state index in [0.717, 1.165) is 6.42 Å². The van der Waals surface area contributed by atoms with Gasteiger partial charge >= 0.3 is 5.97 Å². The van der Waals surface area contributed by atoms with Gasteiger partial charge in [0.05, 0.1) is 18.7 Å². The SMILES string of the molecule is COC(=O)C1(NCc2ccc(C#N)cc2F)CCC1. The Bertz CT molecular complexity index is 533. The van der Waals surface area contributed by atoms with Gasteiger partial charge in [0.1, 0.15) is 11.4 Å². The molecular weight excluding hydrogens is 247 g/mol. The lowest BCUT2D eigenvalue weighted by molar-refractivity contribution is -0.152. The quantitative estimate of drug-likeness (QED) is 0.842. The lowest BCUT2D eigenvalue weighted by atomic mass is 9.76. The van der Waals surface area contributed by atoms with Gasteiger partial charge in [0.25, 0.3) is 0 Å². The van der Waals surface area contributed by atoms with E-state index < -0.39 is 11.4 Å². The number of halogens is 1. The second-order valence-corrected chi connectivity index (χ2v) is 4.70. The second kappa shape index (κ2) is 5.37. The molecule has 0 radical (unpaired) electrons. The molecule has 1 N–H and O–H groups in total. The van der Waals surface area contributed by atoms with Crippen LogP contribution < -0.4 is 5.32 Å². The number of rotatable bonds is 4. The molecule has 0 heterocycles. The fourth-order valence-electron chi connectivity index (χ4n) is 2.20. The van der Waals surface area contributed by atoms with Crippen molar-refractivity contribution >= 4 is 5.97 Å². The normalized spacial score (nSPS) is 16.3. The van der Waals surface area contributed by atoms with Gasteiger partial charge in [-0.05, 0) is 31.4 Å². The van der Waals surface area contributed by atoms with Gasteiger partial charge in [-0.25, -0.2) is 4.39 Å². The van der Waals surface area contributed by atoms with Crippen molar-refractivity contribution in [2.75, 3.05) is 7.11 Å². The Hall–Kier alpha value is -1.93. The number of nitriles is 1. The van der Waals surface area contributed by atoms with Crippen LogP contribution in [-0.2, 0) is 16.1 Å².